The number of fused-ring (bicyclic) bond motifs is 1. The van der Waals surface area contributed by atoms with Gasteiger partial charge >= 0.3 is 12.1 Å². The van der Waals surface area contributed by atoms with Crippen LogP contribution in [0.1, 0.15) is 16.1 Å². The molecule has 2 rings (SSSR count). The molecule has 0 spiro atoms. The van der Waals surface area contributed by atoms with E-state index < -0.39 is 25.2 Å². The average Bonchev–Trinajstić information content (AvgIpc) is 2.70. The molecular formula is C12H10F3NO2S. The van der Waals surface area contributed by atoms with Crippen LogP contribution in [0.25, 0.3) is 10.1 Å². The number of hydrogen-bond acceptors (Lipinski definition) is 4. The normalized spacial score (nSPS) is 11.7. The summed E-state index contributed by atoms with van der Waals surface area (Å²) in [6, 6.07) is 6.70. The molecule has 1 heterocycles. The van der Waals surface area contributed by atoms with Crippen LogP contribution >= 0.6 is 11.3 Å². The van der Waals surface area contributed by atoms with Crippen molar-refractivity contribution in [2.45, 2.75) is 12.6 Å². The number of esters is 1. The molecule has 0 amide bonds. The number of alkyl halides is 3. The van der Waals surface area contributed by atoms with Crippen molar-refractivity contribution in [2.75, 3.05) is 12.3 Å². The van der Waals surface area contributed by atoms with E-state index in [1.807, 2.05) is 0 Å². The fraction of sp³-hybridized carbons (Fsp3) is 0.250. The van der Waals surface area contributed by atoms with Gasteiger partial charge in [0.1, 0.15) is 11.5 Å². The number of hydrogen-bond donors (Lipinski definition) is 1. The standard InChI is InChI=1S/C12H10F3NO2S/c13-12(14,15)3-4-18-11(17)10-6-7-5-8(16)1-2-9(7)19-10/h1-2,5-6H,3-4,16H2. The summed E-state index contributed by atoms with van der Waals surface area (Å²) in [7, 11) is 0. The van der Waals surface area contributed by atoms with Gasteiger partial charge < -0.3 is 10.5 Å². The molecule has 7 heteroatoms. The van der Waals surface area contributed by atoms with Gasteiger partial charge in [0.05, 0.1) is 6.42 Å². The van der Waals surface area contributed by atoms with Crippen LogP contribution in [-0.2, 0) is 4.74 Å². The second kappa shape index (κ2) is 5.08. The summed E-state index contributed by atoms with van der Waals surface area (Å²) >= 11 is 1.16. The predicted octanol–water partition coefficient (Wildman–Crippen LogP) is 3.59. The summed E-state index contributed by atoms with van der Waals surface area (Å²) in [6.07, 6.45) is -5.47. The highest BCUT2D eigenvalue weighted by atomic mass is 32.1. The van der Waals surface area contributed by atoms with E-state index in [0.29, 0.717) is 5.69 Å². The van der Waals surface area contributed by atoms with Crippen molar-refractivity contribution in [1.82, 2.24) is 0 Å². The number of ether oxygens (including phenoxy) is 1. The number of halogens is 3. The van der Waals surface area contributed by atoms with E-state index >= 15 is 0 Å². The minimum absolute atomic E-state index is 0.266. The molecule has 102 valence electrons. The Kier molecular flexibility index (Phi) is 3.66. The molecule has 0 fully saturated rings. The van der Waals surface area contributed by atoms with Gasteiger partial charge in [-0.15, -0.1) is 11.3 Å². The molecule has 0 saturated carbocycles. The van der Waals surface area contributed by atoms with E-state index in [2.05, 4.69) is 4.74 Å². The van der Waals surface area contributed by atoms with Crippen LogP contribution in [0.15, 0.2) is 24.3 Å². The van der Waals surface area contributed by atoms with Crippen molar-refractivity contribution >= 4 is 33.1 Å². The van der Waals surface area contributed by atoms with E-state index in [9.17, 15) is 18.0 Å². The SMILES string of the molecule is Nc1ccc2sc(C(=O)OCCC(F)(F)F)cc2c1. The van der Waals surface area contributed by atoms with Crippen molar-refractivity contribution < 1.29 is 22.7 Å². The summed E-state index contributed by atoms with van der Waals surface area (Å²) in [6.45, 7) is -0.668. The third kappa shape index (κ3) is 3.60. The fourth-order valence-electron chi connectivity index (χ4n) is 1.49. The third-order valence-corrected chi connectivity index (χ3v) is 3.46. The Hall–Kier alpha value is -1.76. The molecule has 2 N–H and O–H groups in total. The van der Waals surface area contributed by atoms with Crippen LogP contribution < -0.4 is 5.73 Å². The summed E-state index contributed by atoms with van der Waals surface area (Å²) in [5, 5.41) is 0.771. The maximum Gasteiger partial charge on any atom is 0.392 e. The van der Waals surface area contributed by atoms with Gasteiger partial charge in [-0.2, -0.15) is 13.2 Å². The van der Waals surface area contributed by atoms with Gasteiger partial charge in [-0.3, -0.25) is 0 Å². The minimum Gasteiger partial charge on any atom is -0.461 e. The molecule has 2 aromatic rings. The lowest BCUT2D eigenvalue weighted by Crippen LogP contribution is -2.14. The first-order valence-electron chi connectivity index (χ1n) is 5.38. The van der Waals surface area contributed by atoms with Crippen molar-refractivity contribution in [2.24, 2.45) is 0 Å². The maximum absolute atomic E-state index is 11.9. The molecule has 0 saturated heterocycles. The predicted molar refractivity (Wildman–Crippen MR) is 67.2 cm³/mol. The molecule has 0 aliphatic rings. The van der Waals surface area contributed by atoms with Crippen LogP contribution in [-0.4, -0.2) is 18.8 Å². The fourth-order valence-corrected chi connectivity index (χ4v) is 2.43. The smallest absolute Gasteiger partial charge is 0.392 e. The van der Waals surface area contributed by atoms with E-state index in [0.717, 1.165) is 21.4 Å². The van der Waals surface area contributed by atoms with Crippen molar-refractivity contribution in [3.05, 3.63) is 29.1 Å². The Labute approximate surface area is 110 Å². The maximum atomic E-state index is 11.9. The molecule has 0 bridgehead atoms. The Morgan fingerprint density at radius 3 is 2.74 bits per heavy atom. The first-order chi connectivity index (χ1) is 8.85. The Bertz CT molecular complexity index is 607. The highest BCUT2D eigenvalue weighted by Gasteiger charge is 2.27. The molecule has 3 nitrogen and oxygen atoms in total. The van der Waals surface area contributed by atoms with Gasteiger partial charge in [-0.25, -0.2) is 4.79 Å². The molecule has 0 atom stereocenters. The lowest BCUT2D eigenvalue weighted by Gasteiger charge is -2.06. The molecule has 0 aliphatic carbocycles. The first-order valence-corrected chi connectivity index (χ1v) is 6.20. The van der Waals surface area contributed by atoms with Gasteiger partial charge in [-0.05, 0) is 29.7 Å². The first kappa shape index (κ1) is 13.7. The molecule has 1 aromatic heterocycles. The number of carbonyl (C=O) groups is 1. The lowest BCUT2D eigenvalue weighted by atomic mass is 10.2. The van der Waals surface area contributed by atoms with E-state index in [1.165, 1.54) is 0 Å². The van der Waals surface area contributed by atoms with E-state index in [4.69, 9.17) is 5.73 Å². The van der Waals surface area contributed by atoms with Crippen LogP contribution in [0.5, 0.6) is 0 Å². The second-order valence-corrected chi connectivity index (χ2v) is 4.99. The number of nitrogen functional groups attached to an aromatic ring is 1. The van der Waals surface area contributed by atoms with Crippen molar-refractivity contribution in [1.29, 1.82) is 0 Å². The summed E-state index contributed by atoms with van der Waals surface area (Å²) in [4.78, 5) is 11.8. The van der Waals surface area contributed by atoms with Crippen LogP contribution in [0.2, 0.25) is 0 Å². The Morgan fingerprint density at radius 1 is 1.32 bits per heavy atom. The highest BCUT2D eigenvalue weighted by Crippen LogP contribution is 2.28. The van der Waals surface area contributed by atoms with Gasteiger partial charge in [0, 0.05) is 10.4 Å². The Morgan fingerprint density at radius 2 is 2.05 bits per heavy atom. The van der Waals surface area contributed by atoms with Crippen LogP contribution in [0, 0.1) is 0 Å². The van der Waals surface area contributed by atoms with Crippen LogP contribution in [0.3, 0.4) is 0 Å². The number of anilines is 1. The van der Waals surface area contributed by atoms with Gasteiger partial charge in [0.2, 0.25) is 0 Å². The second-order valence-electron chi connectivity index (χ2n) is 3.91. The monoisotopic (exact) mass is 289 g/mol. The number of nitrogens with two attached hydrogens (primary N) is 1. The van der Waals surface area contributed by atoms with Crippen molar-refractivity contribution in [3.63, 3.8) is 0 Å². The zero-order chi connectivity index (χ0) is 14.0. The van der Waals surface area contributed by atoms with Gasteiger partial charge in [0.15, 0.2) is 0 Å². The number of carbonyl (C=O) groups excluding carboxylic acids is 1. The lowest BCUT2D eigenvalue weighted by molar-refractivity contribution is -0.141. The summed E-state index contributed by atoms with van der Waals surface area (Å²) < 4.78 is 41.2. The van der Waals surface area contributed by atoms with Gasteiger partial charge in [-0.1, -0.05) is 0 Å². The van der Waals surface area contributed by atoms with Crippen LogP contribution in [0.4, 0.5) is 18.9 Å². The zero-order valence-electron chi connectivity index (χ0n) is 9.66. The highest BCUT2D eigenvalue weighted by molar-refractivity contribution is 7.20. The molecule has 19 heavy (non-hydrogen) atoms. The third-order valence-electron chi connectivity index (χ3n) is 2.36. The van der Waals surface area contributed by atoms with E-state index in [-0.39, 0.29) is 4.88 Å². The quantitative estimate of drug-likeness (QED) is 0.694. The molecule has 0 aliphatic heterocycles. The van der Waals surface area contributed by atoms with Crippen molar-refractivity contribution in [3.8, 4) is 0 Å². The largest absolute Gasteiger partial charge is 0.461 e. The number of benzene rings is 1. The number of rotatable bonds is 3. The molecule has 0 unspecified atom stereocenters. The van der Waals surface area contributed by atoms with E-state index in [1.54, 1.807) is 24.3 Å². The number of thiophene rings is 1. The summed E-state index contributed by atoms with van der Waals surface area (Å²) in [5.74, 6) is -0.746. The topological polar surface area (TPSA) is 52.3 Å². The molecular weight excluding hydrogens is 279 g/mol. The molecule has 0 radical (unpaired) electrons. The zero-order valence-corrected chi connectivity index (χ0v) is 10.5. The Balaban J connectivity index is 2.05. The average molecular weight is 289 g/mol. The minimum atomic E-state index is -4.32. The van der Waals surface area contributed by atoms with Gasteiger partial charge in [0.25, 0.3) is 0 Å². The molecule has 1 aromatic carbocycles. The summed E-state index contributed by atoms with van der Waals surface area (Å²) in [5.41, 5.74) is 6.16.